The van der Waals surface area contributed by atoms with Crippen molar-refractivity contribution in [2.75, 3.05) is 6.54 Å². The molecule has 1 aliphatic rings. The zero-order valence-corrected chi connectivity index (χ0v) is 13.1. The van der Waals surface area contributed by atoms with Gasteiger partial charge in [-0.15, -0.1) is 11.3 Å². The lowest BCUT2D eigenvalue weighted by Gasteiger charge is -2.24. The largest absolute Gasteiger partial charge is 0.331 e. The van der Waals surface area contributed by atoms with Gasteiger partial charge in [0.05, 0.1) is 6.04 Å². The van der Waals surface area contributed by atoms with Gasteiger partial charge < -0.3 is 4.90 Å². The van der Waals surface area contributed by atoms with Gasteiger partial charge >= 0.3 is 0 Å². The molecule has 1 fully saturated rings. The minimum atomic E-state index is -0.394. The van der Waals surface area contributed by atoms with Gasteiger partial charge in [0.1, 0.15) is 5.82 Å². The Morgan fingerprint density at radius 3 is 2.95 bits per heavy atom. The lowest BCUT2D eigenvalue weighted by atomic mass is 10.1. The number of carbonyl (C=O) groups is 1. The zero-order chi connectivity index (χ0) is 14.1. The van der Waals surface area contributed by atoms with Crippen molar-refractivity contribution in [3.63, 3.8) is 0 Å². The Morgan fingerprint density at radius 2 is 2.25 bits per heavy atom. The number of amides is 1. The summed E-state index contributed by atoms with van der Waals surface area (Å²) in [5, 5.41) is 2.02. The van der Waals surface area contributed by atoms with Gasteiger partial charge in [0.25, 0.3) is 5.91 Å². The van der Waals surface area contributed by atoms with E-state index in [4.69, 9.17) is 0 Å². The Bertz CT molecular complexity index is 609. The van der Waals surface area contributed by atoms with Gasteiger partial charge in [-0.2, -0.15) is 0 Å². The molecule has 2 nitrogen and oxygen atoms in total. The van der Waals surface area contributed by atoms with E-state index in [0.29, 0.717) is 10.0 Å². The second-order valence-electron chi connectivity index (χ2n) is 4.83. The van der Waals surface area contributed by atoms with Gasteiger partial charge in [0, 0.05) is 21.5 Å². The summed E-state index contributed by atoms with van der Waals surface area (Å²) in [5.74, 6) is -0.490. The van der Waals surface area contributed by atoms with E-state index in [-0.39, 0.29) is 11.9 Å². The Morgan fingerprint density at radius 1 is 1.40 bits per heavy atom. The summed E-state index contributed by atoms with van der Waals surface area (Å²) < 4.78 is 14.0. The minimum absolute atomic E-state index is 0.0962. The maximum Gasteiger partial charge on any atom is 0.254 e. The van der Waals surface area contributed by atoms with E-state index >= 15 is 0 Å². The van der Waals surface area contributed by atoms with E-state index in [2.05, 4.69) is 22.0 Å². The summed E-state index contributed by atoms with van der Waals surface area (Å²) in [5.41, 5.74) is 0.403. The molecule has 1 aliphatic heterocycles. The standard InChI is InChI=1S/C15H13BrFNOS/c16-11-7-10(8-12(17)9-11)15(19)18-5-1-3-13(18)14-4-2-6-20-14/h2,4,6-9,13H,1,3,5H2/t13-/m0/s1. The lowest BCUT2D eigenvalue weighted by Crippen LogP contribution is -2.30. The van der Waals surface area contributed by atoms with Crippen LogP contribution in [0.4, 0.5) is 4.39 Å². The Balaban J connectivity index is 1.89. The van der Waals surface area contributed by atoms with Crippen molar-refractivity contribution < 1.29 is 9.18 Å². The lowest BCUT2D eigenvalue weighted by molar-refractivity contribution is 0.0737. The molecule has 1 aromatic carbocycles. The molecule has 0 N–H and O–H groups in total. The van der Waals surface area contributed by atoms with Crippen molar-refractivity contribution in [1.29, 1.82) is 0 Å². The van der Waals surface area contributed by atoms with E-state index < -0.39 is 5.82 Å². The predicted octanol–water partition coefficient (Wildman–Crippen LogP) is 4.63. The molecular weight excluding hydrogens is 341 g/mol. The number of benzene rings is 1. The topological polar surface area (TPSA) is 20.3 Å². The monoisotopic (exact) mass is 353 g/mol. The fraction of sp³-hybridized carbons (Fsp3) is 0.267. The average molecular weight is 354 g/mol. The zero-order valence-electron chi connectivity index (χ0n) is 10.7. The molecule has 2 aromatic rings. The maximum atomic E-state index is 13.4. The number of halogens is 2. The molecule has 1 aromatic heterocycles. The summed E-state index contributed by atoms with van der Waals surface area (Å²) in [4.78, 5) is 15.7. The number of nitrogens with zero attached hydrogens (tertiary/aromatic N) is 1. The molecule has 0 aliphatic carbocycles. The Labute approximate surface area is 129 Å². The smallest absolute Gasteiger partial charge is 0.254 e. The number of hydrogen-bond donors (Lipinski definition) is 0. The average Bonchev–Trinajstić information content (AvgIpc) is 3.07. The van der Waals surface area contributed by atoms with Gasteiger partial charge in [0.2, 0.25) is 0 Å². The Kier molecular flexibility index (Phi) is 3.89. The van der Waals surface area contributed by atoms with Crippen LogP contribution < -0.4 is 0 Å². The van der Waals surface area contributed by atoms with Crippen molar-refractivity contribution >= 4 is 33.2 Å². The number of likely N-dealkylation sites (tertiary alicyclic amines) is 1. The van der Waals surface area contributed by atoms with Crippen LogP contribution in [0, 0.1) is 5.82 Å². The van der Waals surface area contributed by atoms with Crippen molar-refractivity contribution in [2.24, 2.45) is 0 Å². The van der Waals surface area contributed by atoms with E-state index in [1.165, 1.54) is 17.0 Å². The second-order valence-corrected chi connectivity index (χ2v) is 6.73. The van der Waals surface area contributed by atoms with Gasteiger partial charge in [-0.3, -0.25) is 4.79 Å². The molecular formula is C15H13BrFNOS. The SMILES string of the molecule is O=C(c1cc(F)cc(Br)c1)N1CCC[C@H]1c1cccs1. The first-order valence-electron chi connectivity index (χ1n) is 6.45. The first-order valence-corrected chi connectivity index (χ1v) is 8.13. The van der Waals surface area contributed by atoms with Crippen molar-refractivity contribution in [2.45, 2.75) is 18.9 Å². The normalized spacial score (nSPS) is 18.5. The second kappa shape index (κ2) is 5.66. The molecule has 0 unspecified atom stereocenters. The molecule has 0 spiro atoms. The molecule has 3 rings (SSSR count). The highest BCUT2D eigenvalue weighted by molar-refractivity contribution is 9.10. The maximum absolute atomic E-state index is 13.4. The number of rotatable bonds is 2. The summed E-state index contributed by atoms with van der Waals surface area (Å²) in [7, 11) is 0. The highest BCUT2D eigenvalue weighted by atomic mass is 79.9. The quantitative estimate of drug-likeness (QED) is 0.770. The molecule has 0 radical (unpaired) electrons. The first-order chi connectivity index (χ1) is 9.65. The summed E-state index contributed by atoms with van der Waals surface area (Å²) in [6, 6.07) is 8.52. The molecule has 0 bridgehead atoms. The van der Waals surface area contributed by atoms with Crippen molar-refractivity contribution in [3.8, 4) is 0 Å². The molecule has 104 valence electrons. The van der Waals surface area contributed by atoms with E-state index in [1.807, 2.05) is 16.3 Å². The van der Waals surface area contributed by atoms with Crippen molar-refractivity contribution in [1.82, 2.24) is 4.90 Å². The molecule has 20 heavy (non-hydrogen) atoms. The van der Waals surface area contributed by atoms with Crippen LogP contribution in [-0.4, -0.2) is 17.4 Å². The van der Waals surface area contributed by atoms with E-state index in [9.17, 15) is 9.18 Å². The summed E-state index contributed by atoms with van der Waals surface area (Å²) >= 11 is 4.90. The summed E-state index contributed by atoms with van der Waals surface area (Å²) in [6.07, 6.45) is 1.97. The highest BCUT2D eigenvalue weighted by Crippen LogP contribution is 2.35. The molecule has 5 heteroatoms. The van der Waals surface area contributed by atoms with Crippen LogP contribution in [0.25, 0.3) is 0 Å². The number of hydrogen-bond acceptors (Lipinski definition) is 2. The van der Waals surface area contributed by atoms with Crippen LogP contribution in [-0.2, 0) is 0 Å². The summed E-state index contributed by atoms with van der Waals surface area (Å²) in [6.45, 7) is 0.732. The van der Waals surface area contributed by atoms with E-state index in [0.717, 1.165) is 19.4 Å². The minimum Gasteiger partial charge on any atom is -0.331 e. The molecule has 2 heterocycles. The molecule has 1 amide bonds. The van der Waals surface area contributed by atoms with Gasteiger partial charge in [-0.1, -0.05) is 22.0 Å². The number of thiophene rings is 1. The third-order valence-electron chi connectivity index (χ3n) is 3.49. The van der Waals surface area contributed by atoms with Crippen LogP contribution in [0.15, 0.2) is 40.2 Å². The van der Waals surface area contributed by atoms with Crippen LogP contribution in [0.2, 0.25) is 0 Å². The third-order valence-corrected chi connectivity index (χ3v) is 4.93. The van der Waals surface area contributed by atoms with Crippen LogP contribution in [0.5, 0.6) is 0 Å². The Hall–Kier alpha value is -1.20. The molecule has 0 saturated carbocycles. The van der Waals surface area contributed by atoms with Crippen LogP contribution >= 0.6 is 27.3 Å². The van der Waals surface area contributed by atoms with E-state index in [1.54, 1.807) is 17.4 Å². The van der Waals surface area contributed by atoms with Crippen molar-refractivity contribution in [3.05, 3.63) is 56.4 Å². The fourth-order valence-electron chi connectivity index (χ4n) is 2.63. The van der Waals surface area contributed by atoms with Gasteiger partial charge in [-0.05, 0) is 42.5 Å². The highest BCUT2D eigenvalue weighted by Gasteiger charge is 2.31. The molecule has 1 saturated heterocycles. The predicted molar refractivity (Wildman–Crippen MR) is 81.4 cm³/mol. The fourth-order valence-corrected chi connectivity index (χ4v) is 3.97. The molecule has 1 atom stereocenters. The number of carbonyl (C=O) groups excluding carboxylic acids is 1. The third kappa shape index (κ3) is 2.65. The van der Waals surface area contributed by atoms with Crippen LogP contribution in [0.3, 0.4) is 0 Å². The van der Waals surface area contributed by atoms with Crippen LogP contribution in [0.1, 0.15) is 34.1 Å². The van der Waals surface area contributed by atoms with Gasteiger partial charge in [-0.25, -0.2) is 4.39 Å². The van der Waals surface area contributed by atoms with Gasteiger partial charge in [0.15, 0.2) is 0 Å². The first kappa shape index (κ1) is 13.8.